The van der Waals surface area contributed by atoms with Crippen LogP contribution in [0, 0.1) is 0 Å². The Balaban J connectivity index is 1.89. The Morgan fingerprint density at radius 2 is 1.93 bits per heavy atom. The van der Waals surface area contributed by atoms with Crippen LogP contribution in [0.25, 0.3) is 11.3 Å². The van der Waals surface area contributed by atoms with E-state index in [0.717, 1.165) is 10.7 Å². The number of hydrogen-bond acceptors (Lipinski definition) is 5. The summed E-state index contributed by atoms with van der Waals surface area (Å²) in [5.41, 5.74) is 6.12. The lowest BCUT2D eigenvalue weighted by Gasteiger charge is -2.09. The van der Waals surface area contributed by atoms with E-state index in [-0.39, 0.29) is 35.0 Å². The molecule has 9 heteroatoms. The van der Waals surface area contributed by atoms with Gasteiger partial charge in [-0.2, -0.15) is 18.3 Å². The van der Waals surface area contributed by atoms with Crippen molar-refractivity contribution in [3.05, 3.63) is 59.4 Å². The first kappa shape index (κ1) is 19.4. The lowest BCUT2D eigenvalue weighted by atomic mass is 10.0. The van der Waals surface area contributed by atoms with E-state index in [1.807, 2.05) is 0 Å². The molecule has 0 radical (unpaired) electrons. The number of hydrogen-bond donors (Lipinski definition) is 1. The predicted molar refractivity (Wildman–Crippen MR) is 96.9 cm³/mol. The van der Waals surface area contributed by atoms with E-state index in [4.69, 9.17) is 10.5 Å². The molecule has 3 rings (SSSR count). The number of alkyl halides is 3. The van der Waals surface area contributed by atoms with Gasteiger partial charge in [0, 0.05) is 24.6 Å². The maximum atomic E-state index is 12.9. The number of benzene rings is 1. The quantitative estimate of drug-likeness (QED) is 0.674. The Labute approximate surface area is 158 Å². The minimum absolute atomic E-state index is 0.0531. The van der Waals surface area contributed by atoms with Crippen molar-refractivity contribution in [3.8, 4) is 17.0 Å². The molecule has 6 nitrogen and oxygen atoms in total. The molecule has 0 atom stereocenters. The zero-order valence-electron chi connectivity index (χ0n) is 15.1. The van der Waals surface area contributed by atoms with Crippen LogP contribution in [0.5, 0.6) is 5.75 Å². The molecule has 0 aliphatic carbocycles. The van der Waals surface area contributed by atoms with Gasteiger partial charge in [-0.1, -0.05) is 18.2 Å². The number of anilines is 1. The number of pyridine rings is 1. The number of halogens is 3. The number of ketones is 1. The highest BCUT2D eigenvalue weighted by molar-refractivity contribution is 5.97. The van der Waals surface area contributed by atoms with Crippen molar-refractivity contribution in [2.24, 2.45) is 7.05 Å². The van der Waals surface area contributed by atoms with Crippen molar-refractivity contribution in [2.75, 3.05) is 12.8 Å². The number of para-hydroxylation sites is 1. The first-order valence-electron chi connectivity index (χ1n) is 8.24. The van der Waals surface area contributed by atoms with Crippen LogP contribution in [0.15, 0.2) is 42.5 Å². The number of nitrogen functional groups attached to an aromatic ring is 1. The van der Waals surface area contributed by atoms with Gasteiger partial charge in [0.15, 0.2) is 11.5 Å². The third kappa shape index (κ3) is 3.83. The molecule has 0 amide bonds. The summed E-state index contributed by atoms with van der Waals surface area (Å²) in [5, 5.41) is 3.46. The number of rotatable bonds is 5. The minimum Gasteiger partial charge on any atom is -0.496 e. The fraction of sp³-hybridized carbons (Fsp3) is 0.211. The lowest BCUT2D eigenvalue weighted by molar-refractivity contribution is -0.141. The second-order valence-corrected chi connectivity index (χ2v) is 6.08. The molecule has 3 aromatic rings. The number of nitrogens with two attached hydrogens (primary N) is 1. The van der Waals surface area contributed by atoms with Gasteiger partial charge in [-0.05, 0) is 24.3 Å². The van der Waals surface area contributed by atoms with Gasteiger partial charge in [0.25, 0.3) is 0 Å². The standard InChI is InChI=1S/C19H17F3N4O2/c1-26-14(10-17(25-26)19(20,21)22)12-7-8-13(24-18(12)23)15(27)9-11-5-3-4-6-16(11)28-2/h3-8,10H,9H2,1-2H3,(H2,23,24). The largest absolute Gasteiger partial charge is 0.496 e. The minimum atomic E-state index is -4.57. The second kappa shape index (κ2) is 7.34. The molecule has 2 aromatic heterocycles. The third-order valence-corrected chi connectivity index (χ3v) is 4.20. The van der Waals surface area contributed by atoms with Gasteiger partial charge >= 0.3 is 6.18 Å². The van der Waals surface area contributed by atoms with Crippen LogP contribution >= 0.6 is 0 Å². The molecular formula is C19H17F3N4O2. The molecule has 0 bridgehead atoms. The monoisotopic (exact) mass is 390 g/mol. The van der Waals surface area contributed by atoms with Crippen molar-refractivity contribution in [2.45, 2.75) is 12.6 Å². The Kier molecular flexibility index (Phi) is 5.08. The molecule has 2 N–H and O–H groups in total. The van der Waals surface area contributed by atoms with Crippen molar-refractivity contribution in [1.82, 2.24) is 14.8 Å². The highest BCUT2D eigenvalue weighted by Crippen LogP contribution is 2.33. The molecule has 28 heavy (non-hydrogen) atoms. The summed E-state index contributed by atoms with van der Waals surface area (Å²) in [6.07, 6.45) is -4.51. The molecule has 2 heterocycles. The molecule has 0 unspecified atom stereocenters. The maximum absolute atomic E-state index is 12.9. The molecule has 0 aliphatic heterocycles. The van der Waals surface area contributed by atoms with Crippen LogP contribution in [0.3, 0.4) is 0 Å². The second-order valence-electron chi connectivity index (χ2n) is 6.08. The molecule has 0 spiro atoms. The molecular weight excluding hydrogens is 373 g/mol. The number of carbonyl (C=O) groups excluding carboxylic acids is 1. The molecule has 146 valence electrons. The highest BCUT2D eigenvalue weighted by Gasteiger charge is 2.35. The number of ether oxygens (including phenoxy) is 1. The van der Waals surface area contributed by atoms with Crippen LogP contribution in [0.2, 0.25) is 0 Å². The van der Waals surface area contributed by atoms with Crippen LogP contribution in [-0.4, -0.2) is 27.7 Å². The molecule has 0 saturated carbocycles. The number of aryl methyl sites for hydroxylation is 1. The van der Waals surface area contributed by atoms with Crippen molar-refractivity contribution in [3.63, 3.8) is 0 Å². The Bertz CT molecular complexity index is 1030. The smallest absolute Gasteiger partial charge is 0.435 e. The summed E-state index contributed by atoms with van der Waals surface area (Å²) in [6, 6.07) is 10.9. The van der Waals surface area contributed by atoms with E-state index >= 15 is 0 Å². The number of aromatic nitrogens is 3. The predicted octanol–water partition coefficient (Wildman–Crippen LogP) is 3.52. The summed E-state index contributed by atoms with van der Waals surface area (Å²) < 4.78 is 44.9. The number of carbonyl (C=O) groups is 1. The highest BCUT2D eigenvalue weighted by atomic mass is 19.4. The van der Waals surface area contributed by atoms with Crippen molar-refractivity contribution in [1.29, 1.82) is 0 Å². The third-order valence-electron chi connectivity index (χ3n) is 4.20. The molecule has 0 saturated heterocycles. The summed E-state index contributed by atoms with van der Waals surface area (Å²) in [7, 11) is 2.89. The first-order valence-corrected chi connectivity index (χ1v) is 8.24. The van der Waals surface area contributed by atoms with E-state index in [2.05, 4.69) is 10.1 Å². The Morgan fingerprint density at radius 3 is 2.54 bits per heavy atom. The summed E-state index contributed by atoms with van der Waals surface area (Å²) in [4.78, 5) is 16.6. The maximum Gasteiger partial charge on any atom is 0.435 e. The van der Waals surface area contributed by atoms with Gasteiger partial charge < -0.3 is 10.5 Å². The SMILES string of the molecule is COc1ccccc1CC(=O)c1ccc(-c2cc(C(F)(F)F)nn2C)c(N)n1. The van der Waals surface area contributed by atoms with E-state index in [1.165, 1.54) is 26.3 Å². The zero-order valence-corrected chi connectivity index (χ0v) is 15.1. The van der Waals surface area contributed by atoms with Gasteiger partial charge in [-0.25, -0.2) is 4.98 Å². The number of nitrogens with zero attached hydrogens (tertiary/aromatic N) is 3. The normalized spacial score (nSPS) is 11.5. The van der Waals surface area contributed by atoms with Gasteiger partial charge in [0.2, 0.25) is 0 Å². The number of methoxy groups -OCH3 is 1. The van der Waals surface area contributed by atoms with Gasteiger partial charge in [0.05, 0.1) is 12.8 Å². The van der Waals surface area contributed by atoms with Crippen LogP contribution in [-0.2, 0) is 19.6 Å². The van der Waals surface area contributed by atoms with E-state index in [0.29, 0.717) is 11.3 Å². The fourth-order valence-electron chi connectivity index (χ4n) is 2.82. The first-order chi connectivity index (χ1) is 13.2. The fourth-order valence-corrected chi connectivity index (χ4v) is 2.82. The topological polar surface area (TPSA) is 83.0 Å². The van der Waals surface area contributed by atoms with Crippen LogP contribution in [0.1, 0.15) is 21.7 Å². The van der Waals surface area contributed by atoms with E-state index < -0.39 is 11.9 Å². The molecule has 1 aromatic carbocycles. The van der Waals surface area contributed by atoms with Crippen LogP contribution in [0.4, 0.5) is 19.0 Å². The van der Waals surface area contributed by atoms with Crippen molar-refractivity contribution >= 4 is 11.6 Å². The average molecular weight is 390 g/mol. The van der Waals surface area contributed by atoms with Crippen molar-refractivity contribution < 1.29 is 22.7 Å². The Hall–Kier alpha value is -3.36. The summed E-state index contributed by atoms with van der Waals surface area (Å²) in [5.74, 6) is 0.237. The van der Waals surface area contributed by atoms with E-state index in [9.17, 15) is 18.0 Å². The average Bonchev–Trinajstić information content (AvgIpc) is 3.04. The molecule has 0 aliphatic rings. The Morgan fingerprint density at radius 1 is 1.21 bits per heavy atom. The number of Topliss-reactive ketones (excluding diaryl/α,β-unsaturated/α-hetero) is 1. The zero-order chi connectivity index (χ0) is 20.5. The van der Waals surface area contributed by atoms with Crippen LogP contribution < -0.4 is 10.5 Å². The lowest BCUT2D eigenvalue weighted by Crippen LogP contribution is -2.09. The van der Waals surface area contributed by atoms with Gasteiger partial charge in [0.1, 0.15) is 17.3 Å². The van der Waals surface area contributed by atoms with Gasteiger partial charge in [-0.3, -0.25) is 9.48 Å². The van der Waals surface area contributed by atoms with E-state index in [1.54, 1.807) is 24.3 Å². The van der Waals surface area contributed by atoms with Gasteiger partial charge in [-0.15, -0.1) is 0 Å². The summed E-state index contributed by atoms with van der Waals surface area (Å²) in [6.45, 7) is 0. The molecule has 0 fully saturated rings. The summed E-state index contributed by atoms with van der Waals surface area (Å²) >= 11 is 0.